The second-order valence-electron chi connectivity index (χ2n) is 3.86. The SMILES string of the molecule is COc1c(Br)cc(Cl)cc1NC(=O)c1ccc(=O)[nH]c1. The van der Waals surface area contributed by atoms with Gasteiger partial charge in [-0.3, -0.25) is 9.59 Å². The first-order chi connectivity index (χ1) is 9.51. The third kappa shape index (κ3) is 3.20. The molecule has 1 heterocycles. The Bertz CT molecular complexity index is 695. The lowest BCUT2D eigenvalue weighted by Crippen LogP contribution is -2.15. The first-order valence-electron chi connectivity index (χ1n) is 5.54. The summed E-state index contributed by atoms with van der Waals surface area (Å²) in [6.07, 6.45) is 1.34. The van der Waals surface area contributed by atoms with Gasteiger partial charge in [-0.25, -0.2) is 0 Å². The number of carbonyl (C=O) groups is 1. The molecule has 2 aromatic rings. The maximum absolute atomic E-state index is 12.1. The topological polar surface area (TPSA) is 71.2 Å². The number of aromatic amines is 1. The smallest absolute Gasteiger partial charge is 0.257 e. The molecule has 1 aromatic heterocycles. The van der Waals surface area contributed by atoms with Crippen LogP contribution in [-0.2, 0) is 0 Å². The van der Waals surface area contributed by atoms with Crippen molar-refractivity contribution in [3.63, 3.8) is 0 Å². The maximum atomic E-state index is 12.1. The van der Waals surface area contributed by atoms with Crippen molar-refractivity contribution >= 4 is 39.1 Å². The Morgan fingerprint density at radius 2 is 2.15 bits per heavy atom. The van der Waals surface area contributed by atoms with Crippen LogP contribution in [-0.4, -0.2) is 18.0 Å². The number of aromatic nitrogens is 1. The van der Waals surface area contributed by atoms with Gasteiger partial charge < -0.3 is 15.0 Å². The first kappa shape index (κ1) is 14.6. The number of pyridine rings is 1. The number of amides is 1. The van der Waals surface area contributed by atoms with Gasteiger partial charge >= 0.3 is 0 Å². The van der Waals surface area contributed by atoms with Crippen molar-refractivity contribution in [1.29, 1.82) is 0 Å². The molecule has 0 fully saturated rings. The van der Waals surface area contributed by atoms with E-state index >= 15 is 0 Å². The highest BCUT2D eigenvalue weighted by Gasteiger charge is 2.13. The number of ether oxygens (including phenoxy) is 1. The first-order valence-corrected chi connectivity index (χ1v) is 6.71. The fourth-order valence-electron chi connectivity index (χ4n) is 1.61. The summed E-state index contributed by atoms with van der Waals surface area (Å²) in [6, 6.07) is 5.95. The van der Waals surface area contributed by atoms with Gasteiger partial charge in [0.05, 0.1) is 22.8 Å². The third-order valence-corrected chi connectivity index (χ3v) is 3.31. The number of benzene rings is 1. The predicted octanol–water partition coefficient (Wildman–Crippen LogP) is 3.05. The Labute approximate surface area is 128 Å². The molecule has 7 heteroatoms. The largest absolute Gasteiger partial charge is 0.493 e. The summed E-state index contributed by atoms with van der Waals surface area (Å²) < 4.78 is 5.84. The number of methoxy groups -OCH3 is 1. The van der Waals surface area contributed by atoms with Gasteiger partial charge in [0.2, 0.25) is 5.56 Å². The fraction of sp³-hybridized carbons (Fsp3) is 0.0769. The van der Waals surface area contributed by atoms with Crippen LogP contribution in [0.15, 0.2) is 39.7 Å². The number of hydrogen-bond acceptors (Lipinski definition) is 3. The van der Waals surface area contributed by atoms with E-state index in [1.54, 1.807) is 12.1 Å². The van der Waals surface area contributed by atoms with Crippen LogP contribution in [0.5, 0.6) is 5.75 Å². The van der Waals surface area contributed by atoms with Crippen LogP contribution in [0.3, 0.4) is 0 Å². The number of nitrogens with one attached hydrogen (secondary N) is 2. The van der Waals surface area contributed by atoms with Crippen LogP contribution in [0.25, 0.3) is 0 Å². The van der Waals surface area contributed by atoms with Crippen molar-refractivity contribution < 1.29 is 9.53 Å². The molecule has 0 unspecified atom stereocenters. The molecule has 104 valence electrons. The second kappa shape index (κ2) is 6.11. The molecular formula is C13H10BrClN2O3. The number of anilines is 1. The molecule has 0 aliphatic heterocycles. The van der Waals surface area contributed by atoms with Crippen molar-refractivity contribution in [1.82, 2.24) is 4.98 Å². The molecule has 0 aliphatic rings. The predicted molar refractivity (Wildman–Crippen MR) is 80.7 cm³/mol. The lowest BCUT2D eigenvalue weighted by Gasteiger charge is -2.12. The molecule has 0 atom stereocenters. The number of hydrogen-bond donors (Lipinski definition) is 2. The van der Waals surface area contributed by atoms with E-state index in [0.29, 0.717) is 26.5 Å². The molecule has 0 spiro atoms. The Hall–Kier alpha value is -1.79. The Morgan fingerprint density at radius 1 is 1.40 bits per heavy atom. The molecule has 1 aromatic carbocycles. The average Bonchev–Trinajstić information content (AvgIpc) is 2.39. The monoisotopic (exact) mass is 356 g/mol. The van der Waals surface area contributed by atoms with Crippen LogP contribution in [0.1, 0.15) is 10.4 Å². The van der Waals surface area contributed by atoms with Crippen LogP contribution in [0, 0.1) is 0 Å². The number of H-pyrrole nitrogens is 1. The van der Waals surface area contributed by atoms with Crippen molar-refractivity contribution in [3.05, 3.63) is 55.9 Å². The van der Waals surface area contributed by atoms with Gasteiger partial charge in [-0.15, -0.1) is 0 Å². The van der Waals surface area contributed by atoms with Gasteiger partial charge in [-0.1, -0.05) is 11.6 Å². The Morgan fingerprint density at radius 3 is 2.75 bits per heavy atom. The normalized spacial score (nSPS) is 10.2. The minimum absolute atomic E-state index is 0.273. The molecule has 2 rings (SSSR count). The van der Waals surface area contributed by atoms with Gasteiger partial charge in [-0.05, 0) is 34.1 Å². The highest BCUT2D eigenvalue weighted by molar-refractivity contribution is 9.10. The van der Waals surface area contributed by atoms with E-state index in [1.165, 1.54) is 25.4 Å². The molecular weight excluding hydrogens is 348 g/mol. The van der Waals surface area contributed by atoms with Gasteiger partial charge in [0, 0.05) is 17.3 Å². The summed E-state index contributed by atoms with van der Waals surface area (Å²) in [6.45, 7) is 0. The van der Waals surface area contributed by atoms with Crippen molar-refractivity contribution in [2.75, 3.05) is 12.4 Å². The average molecular weight is 358 g/mol. The molecule has 1 amide bonds. The molecule has 0 saturated heterocycles. The summed E-state index contributed by atoms with van der Waals surface area (Å²) in [4.78, 5) is 25.5. The van der Waals surface area contributed by atoms with Crippen LogP contribution in [0.2, 0.25) is 5.02 Å². The highest BCUT2D eigenvalue weighted by Crippen LogP contribution is 2.36. The molecule has 20 heavy (non-hydrogen) atoms. The van der Waals surface area contributed by atoms with Crippen molar-refractivity contribution in [2.45, 2.75) is 0 Å². The lowest BCUT2D eigenvalue weighted by atomic mass is 10.2. The zero-order valence-corrected chi connectivity index (χ0v) is 12.7. The zero-order valence-electron chi connectivity index (χ0n) is 10.4. The molecule has 2 N–H and O–H groups in total. The van der Waals surface area contributed by atoms with E-state index in [4.69, 9.17) is 16.3 Å². The minimum Gasteiger partial charge on any atom is -0.493 e. The summed E-state index contributed by atoms with van der Waals surface area (Å²) in [5.74, 6) is 0.0842. The van der Waals surface area contributed by atoms with Crippen LogP contribution >= 0.6 is 27.5 Å². The maximum Gasteiger partial charge on any atom is 0.257 e. The number of halogens is 2. The van der Waals surface area contributed by atoms with Gasteiger partial charge in [0.25, 0.3) is 5.91 Å². The lowest BCUT2D eigenvalue weighted by molar-refractivity contribution is 0.102. The summed E-state index contributed by atoms with van der Waals surface area (Å²) in [5, 5.41) is 3.13. The Kier molecular flexibility index (Phi) is 4.46. The van der Waals surface area contributed by atoms with E-state index in [0.717, 1.165) is 0 Å². The molecule has 0 radical (unpaired) electrons. The van der Waals surface area contributed by atoms with E-state index in [9.17, 15) is 9.59 Å². The molecule has 0 saturated carbocycles. The second-order valence-corrected chi connectivity index (χ2v) is 5.15. The van der Waals surface area contributed by atoms with E-state index < -0.39 is 0 Å². The molecule has 5 nitrogen and oxygen atoms in total. The standard InChI is InChI=1S/C13H10BrClN2O3/c1-20-12-9(14)4-8(15)5-10(12)17-13(19)7-2-3-11(18)16-6-7/h2-6H,1H3,(H,16,18)(H,17,19). The molecule has 0 bridgehead atoms. The number of rotatable bonds is 3. The van der Waals surface area contributed by atoms with Gasteiger partial charge in [0.15, 0.2) is 5.75 Å². The summed E-state index contributed by atoms with van der Waals surface area (Å²) >= 11 is 9.25. The third-order valence-electron chi connectivity index (χ3n) is 2.51. The summed E-state index contributed by atoms with van der Waals surface area (Å²) in [7, 11) is 1.49. The van der Waals surface area contributed by atoms with Crippen LogP contribution in [0.4, 0.5) is 5.69 Å². The highest BCUT2D eigenvalue weighted by atomic mass is 79.9. The van der Waals surface area contributed by atoms with Crippen LogP contribution < -0.4 is 15.6 Å². The van der Waals surface area contributed by atoms with Gasteiger partial charge in [-0.2, -0.15) is 0 Å². The summed E-state index contributed by atoms with van der Waals surface area (Å²) in [5.41, 5.74) is 0.482. The fourth-order valence-corrected chi connectivity index (χ4v) is 2.58. The van der Waals surface area contributed by atoms with Crippen molar-refractivity contribution in [3.8, 4) is 5.75 Å². The van der Waals surface area contributed by atoms with E-state index in [-0.39, 0.29) is 11.5 Å². The van der Waals surface area contributed by atoms with Crippen molar-refractivity contribution in [2.24, 2.45) is 0 Å². The Balaban J connectivity index is 2.32. The van der Waals surface area contributed by atoms with E-state index in [2.05, 4.69) is 26.2 Å². The molecule has 0 aliphatic carbocycles. The van der Waals surface area contributed by atoms with Gasteiger partial charge in [0.1, 0.15) is 0 Å². The minimum atomic E-state index is -0.381. The quantitative estimate of drug-likeness (QED) is 0.887. The van der Waals surface area contributed by atoms with E-state index in [1.807, 2.05) is 0 Å². The zero-order chi connectivity index (χ0) is 14.7. The number of carbonyl (C=O) groups excluding carboxylic acids is 1.